The Kier molecular flexibility index (Phi) is 5.04. The van der Waals surface area contributed by atoms with E-state index in [0.29, 0.717) is 30.1 Å². The number of rotatable bonds is 7. The van der Waals surface area contributed by atoms with E-state index in [4.69, 9.17) is 4.74 Å². The van der Waals surface area contributed by atoms with E-state index < -0.39 is 0 Å². The number of ether oxygens (including phenoxy) is 1. The van der Waals surface area contributed by atoms with Crippen LogP contribution < -0.4 is 11.2 Å². The average Bonchev–Trinajstić information content (AvgIpc) is 3.12. The number of aryl methyl sites for hydroxylation is 3. The summed E-state index contributed by atoms with van der Waals surface area (Å²) >= 11 is 0. The molecule has 8 heteroatoms. The van der Waals surface area contributed by atoms with Crippen molar-refractivity contribution in [2.45, 2.75) is 53.1 Å². The fourth-order valence-electron chi connectivity index (χ4n) is 3.46. The average molecular weight is 361 g/mol. The zero-order valence-corrected chi connectivity index (χ0v) is 16.2. The van der Waals surface area contributed by atoms with Crippen LogP contribution in [0.5, 0.6) is 0 Å². The molecule has 0 amide bonds. The van der Waals surface area contributed by atoms with Crippen LogP contribution in [-0.2, 0) is 24.9 Å². The van der Waals surface area contributed by atoms with Crippen molar-refractivity contribution < 1.29 is 4.74 Å². The van der Waals surface area contributed by atoms with Crippen LogP contribution in [-0.4, -0.2) is 36.8 Å². The second kappa shape index (κ2) is 7.11. The maximum atomic E-state index is 13.1. The Bertz CT molecular complexity index is 1070. The van der Waals surface area contributed by atoms with Crippen molar-refractivity contribution in [2.75, 3.05) is 13.7 Å². The van der Waals surface area contributed by atoms with Crippen LogP contribution in [0.25, 0.3) is 16.9 Å². The normalized spacial score (nSPS) is 11.9. The van der Waals surface area contributed by atoms with Gasteiger partial charge in [0.1, 0.15) is 0 Å². The first-order chi connectivity index (χ1) is 12.4. The molecule has 0 bridgehead atoms. The van der Waals surface area contributed by atoms with Gasteiger partial charge in [0.25, 0.3) is 5.56 Å². The monoisotopic (exact) mass is 361 g/mol. The number of fused-ring (bicyclic) bond motifs is 3. The molecule has 0 aromatic carbocycles. The number of imidazole rings is 2. The van der Waals surface area contributed by atoms with Gasteiger partial charge in [0.2, 0.25) is 5.78 Å². The maximum absolute atomic E-state index is 13.1. The summed E-state index contributed by atoms with van der Waals surface area (Å²) in [6.07, 6.45) is 2.56. The van der Waals surface area contributed by atoms with Crippen molar-refractivity contribution in [1.29, 1.82) is 0 Å². The summed E-state index contributed by atoms with van der Waals surface area (Å²) in [5, 5.41) is 0. The van der Waals surface area contributed by atoms with Crippen LogP contribution in [0.4, 0.5) is 0 Å². The van der Waals surface area contributed by atoms with Crippen LogP contribution in [0.3, 0.4) is 0 Å². The minimum absolute atomic E-state index is 0.263. The van der Waals surface area contributed by atoms with Crippen LogP contribution in [0.2, 0.25) is 0 Å². The number of unbranched alkanes of at least 4 members (excludes halogenated alkanes) is 1. The highest BCUT2D eigenvalue weighted by atomic mass is 16.5. The fourth-order valence-corrected chi connectivity index (χ4v) is 3.46. The van der Waals surface area contributed by atoms with Crippen molar-refractivity contribution in [3.63, 3.8) is 0 Å². The molecule has 0 aliphatic heterocycles. The molecule has 3 heterocycles. The summed E-state index contributed by atoms with van der Waals surface area (Å²) in [4.78, 5) is 30.3. The number of hydrogen-bond donors (Lipinski definition) is 0. The number of methoxy groups -OCH3 is 1. The Morgan fingerprint density at radius 1 is 1.04 bits per heavy atom. The first kappa shape index (κ1) is 18.4. The Hall–Kier alpha value is -2.35. The molecular formula is C18H27N5O3. The molecule has 0 saturated carbocycles. The third-order valence-corrected chi connectivity index (χ3v) is 5.10. The molecule has 26 heavy (non-hydrogen) atoms. The second-order valence-corrected chi connectivity index (χ2v) is 6.74. The zero-order chi connectivity index (χ0) is 19.0. The zero-order valence-electron chi connectivity index (χ0n) is 16.2. The molecule has 0 fully saturated rings. The van der Waals surface area contributed by atoms with E-state index in [2.05, 4.69) is 9.55 Å². The van der Waals surface area contributed by atoms with E-state index in [-0.39, 0.29) is 11.2 Å². The van der Waals surface area contributed by atoms with Gasteiger partial charge >= 0.3 is 5.69 Å². The van der Waals surface area contributed by atoms with Gasteiger partial charge in [-0.25, -0.2) is 4.79 Å². The van der Waals surface area contributed by atoms with E-state index in [0.717, 1.165) is 37.2 Å². The molecule has 0 atom stereocenters. The lowest BCUT2D eigenvalue weighted by Gasteiger charge is -2.08. The number of aromatic nitrogens is 5. The summed E-state index contributed by atoms with van der Waals surface area (Å²) in [6, 6.07) is 0. The minimum atomic E-state index is -0.308. The van der Waals surface area contributed by atoms with Crippen molar-refractivity contribution in [3.05, 3.63) is 32.2 Å². The molecule has 0 spiro atoms. The smallest absolute Gasteiger partial charge is 0.332 e. The van der Waals surface area contributed by atoms with Gasteiger partial charge in [0.15, 0.2) is 11.2 Å². The van der Waals surface area contributed by atoms with E-state index in [1.165, 1.54) is 9.13 Å². The summed E-state index contributed by atoms with van der Waals surface area (Å²) < 4.78 is 11.9. The lowest BCUT2D eigenvalue weighted by molar-refractivity contribution is 0.190. The van der Waals surface area contributed by atoms with Gasteiger partial charge < -0.3 is 9.30 Å². The van der Waals surface area contributed by atoms with Gasteiger partial charge in [0.05, 0.1) is 0 Å². The molecule has 3 rings (SSSR count). The molecule has 0 N–H and O–H groups in total. The van der Waals surface area contributed by atoms with E-state index in [1.807, 2.05) is 25.2 Å². The molecule has 0 aliphatic rings. The molecule has 0 saturated heterocycles. The van der Waals surface area contributed by atoms with Crippen LogP contribution in [0.1, 0.15) is 37.6 Å². The molecular weight excluding hydrogens is 334 g/mol. The summed E-state index contributed by atoms with van der Waals surface area (Å²) in [7, 11) is 3.36. The molecule has 8 nitrogen and oxygen atoms in total. The van der Waals surface area contributed by atoms with Crippen molar-refractivity contribution in [2.24, 2.45) is 7.05 Å². The van der Waals surface area contributed by atoms with Gasteiger partial charge in [0, 0.05) is 45.2 Å². The summed E-state index contributed by atoms with van der Waals surface area (Å²) in [6.45, 7) is 7.89. The van der Waals surface area contributed by atoms with Crippen LogP contribution in [0, 0.1) is 13.8 Å². The van der Waals surface area contributed by atoms with Crippen LogP contribution in [0.15, 0.2) is 9.59 Å². The standard InChI is InChI=1S/C18H27N5O3/c1-6-7-9-22-16(24)14-15(20(4)18(22)25)19-17-21(10-8-11-26-5)12(2)13(3)23(14)17/h6-11H2,1-5H3. The van der Waals surface area contributed by atoms with Gasteiger partial charge in [-0.2, -0.15) is 4.98 Å². The highest BCUT2D eigenvalue weighted by Crippen LogP contribution is 2.20. The Morgan fingerprint density at radius 2 is 1.73 bits per heavy atom. The second-order valence-electron chi connectivity index (χ2n) is 6.74. The number of hydrogen-bond acceptors (Lipinski definition) is 4. The Labute approximate surface area is 151 Å². The summed E-state index contributed by atoms with van der Waals surface area (Å²) in [5.74, 6) is 0.700. The predicted molar refractivity (Wildman–Crippen MR) is 101 cm³/mol. The van der Waals surface area contributed by atoms with Crippen LogP contribution >= 0.6 is 0 Å². The van der Waals surface area contributed by atoms with Crippen molar-refractivity contribution >= 4 is 16.9 Å². The van der Waals surface area contributed by atoms with Crippen molar-refractivity contribution in [3.8, 4) is 0 Å². The SMILES string of the molecule is CCCCn1c(=O)c2c(nc3n(CCCOC)c(C)c(C)n23)n(C)c1=O. The largest absolute Gasteiger partial charge is 0.385 e. The van der Waals surface area contributed by atoms with E-state index >= 15 is 0 Å². The molecule has 3 aromatic rings. The van der Waals surface area contributed by atoms with E-state index in [1.54, 1.807) is 14.2 Å². The Morgan fingerprint density at radius 3 is 2.38 bits per heavy atom. The lowest BCUT2D eigenvalue weighted by atomic mass is 10.3. The maximum Gasteiger partial charge on any atom is 0.332 e. The van der Waals surface area contributed by atoms with Gasteiger partial charge in [-0.1, -0.05) is 13.3 Å². The third kappa shape index (κ3) is 2.68. The molecule has 0 unspecified atom stereocenters. The third-order valence-electron chi connectivity index (χ3n) is 5.10. The van der Waals surface area contributed by atoms with Gasteiger partial charge in [-0.05, 0) is 26.7 Å². The topological polar surface area (TPSA) is 75.5 Å². The fraction of sp³-hybridized carbons (Fsp3) is 0.611. The van der Waals surface area contributed by atoms with Gasteiger partial charge in [-0.15, -0.1) is 0 Å². The quantitative estimate of drug-likeness (QED) is 0.599. The highest BCUT2D eigenvalue weighted by Gasteiger charge is 2.22. The molecule has 3 aromatic heterocycles. The van der Waals surface area contributed by atoms with Gasteiger partial charge in [-0.3, -0.25) is 18.3 Å². The minimum Gasteiger partial charge on any atom is -0.385 e. The molecule has 0 aliphatic carbocycles. The first-order valence-corrected chi connectivity index (χ1v) is 9.10. The number of nitrogens with zero attached hydrogens (tertiary/aromatic N) is 5. The molecule has 142 valence electrons. The Balaban J connectivity index is 2.32. The van der Waals surface area contributed by atoms with Crippen molar-refractivity contribution in [1.82, 2.24) is 23.1 Å². The predicted octanol–water partition coefficient (Wildman–Crippen LogP) is 1.60. The van der Waals surface area contributed by atoms with E-state index in [9.17, 15) is 9.59 Å². The molecule has 0 radical (unpaired) electrons. The highest BCUT2D eigenvalue weighted by molar-refractivity contribution is 5.76. The first-order valence-electron chi connectivity index (χ1n) is 9.10. The lowest BCUT2D eigenvalue weighted by Crippen LogP contribution is -2.39. The summed E-state index contributed by atoms with van der Waals surface area (Å²) in [5.41, 5.74) is 2.38.